The minimum atomic E-state index is -0.996. The first-order chi connectivity index (χ1) is 9.58. The Morgan fingerprint density at radius 2 is 1.55 bits per heavy atom. The van der Waals surface area contributed by atoms with Gasteiger partial charge in [-0.05, 0) is 23.6 Å². The summed E-state index contributed by atoms with van der Waals surface area (Å²) in [7, 11) is 0. The van der Waals surface area contributed by atoms with Gasteiger partial charge in [0.25, 0.3) is 0 Å². The van der Waals surface area contributed by atoms with E-state index in [-0.39, 0.29) is 0 Å². The molecule has 20 heavy (non-hydrogen) atoms. The average Bonchev–Trinajstić information content (AvgIpc) is 2.46. The lowest BCUT2D eigenvalue weighted by Crippen LogP contribution is -2.18. The zero-order valence-electron chi connectivity index (χ0n) is 11.6. The first-order valence-corrected chi connectivity index (χ1v) is 6.62. The molecule has 2 aromatic rings. The van der Waals surface area contributed by atoms with Gasteiger partial charge < -0.3 is 9.84 Å². The van der Waals surface area contributed by atoms with Gasteiger partial charge in [-0.2, -0.15) is 0 Å². The second-order valence-corrected chi connectivity index (χ2v) is 4.97. The number of hydrogen-bond donors (Lipinski definition) is 1. The van der Waals surface area contributed by atoms with Gasteiger partial charge >= 0.3 is 5.97 Å². The molecule has 0 aliphatic carbocycles. The second kappa shape index (κ2) is 6.24. The molecule has 0 amide bonds. The Balaban J connectivity index is 2.19. The van der Waals surface area contributed by atoms with Crippen molar-refractivity contribution in [1.82, 2.24) is 0 Å². The van der Waals surface area contributed by atoms with Crippen LogP contribution in [0, 0.1) is 0 Å². The van der Waals surface area contributed by atoms with Crippen LogP contribution in [0.15, 0.2) is 54.6 Å². The van der Waals surface area contributed by atoms with Gasteiger partial charge in [-0.3, -0.25) is 0 Å². The maximum absolute atomic E-state index is 11.4. The minimum absolute atomic E-state index is 0.438. The molecule has 104 valence electrons. The molecule has 2 aromatic carbocycles. The number of carbonyl (C=O) groups is 1. The van der Waals surface area contributed by atoms with Crippen molar-refractivity contribution in [2.24, 2.45) is 0 Å². The van der Waals surface area contributed by atoms with Gasteiger partial charge in [-0.15, -0.1) is 0 Å². The van der Waals surface area contributed by atoms with E-state index in [2.05, 4.69) is 13.8 Å². The van der Waals surface area contributed by atoms with Crippen LogP contribution in [0.2, 0.25) is 0 Å². The molecule has 3 nitrogen and oxygen atoms in total. The summed E-state index contributed by atoms with van der Waals surface area (Å²) in [4.78, 5) is 11.4. The van der Waals surface area contributed by atoms with Crippen molar-refractivity contribution in [3.63, 3.8) is 0 Å². The maximum atomic E-state index is 11.4. The summed E-state index contributed by atoms with van der Waals surface area (Å²) in [5.74, 6) is 0.00299. The summed E-state index contributed by atoms with van der Waals surface area (Å²) < 4.78 is 5.60. The molecule has 0 aliphatic heterocycles. The van der Waals surface area contributed by atoms with Gasteiger partial charge in [0.2, 0.25) is 6.10 Å². The molecule has 0 saturated carbocycles. The number of carboxylic acid groups (broad SMARTS) is 1. The van der Waals surface area contributed by atoms with E-state index in [1.54, 1.807) is 24.3 Å². The Morgan fingerprint density at radius 1 is 0.950 bits per heavy atom. The van der Waals surface area contributed by atoms with Gasteiger partial charge in [0.15, 0.2) is 0 Å². The Hall–Kier alpha value is -2.29. The largest absolute Gasteiger partial charge is 0.478 e. The van der Waals surface area contributed by atoms with Crippen molar-refractivity contribution < 1.29 is 14.6 Å². The van der Waals surface area contributed by atoms with Crippen LogP contribution in [0.4, 0.5) is 0 Å². The smallest absolute Gasteiger partial charge is 0.349 e. The summed E-state index contributed by atoms with van der Waals surface area (Å²) in [5, 5.41) is 9.31. The molecule has 0 bridgehead atoms. The van der Waals surface area contributed by atoms with Crippen molar-refractivity contribution in [1.29, 1.82) is 0 Å². The highest BCUT2D eigenvalue weighted by molar-refractivity contribution is 5.74. The lowest BCUT2D eigenvalue weighted by Gasteiger charge is -2.16. The molecular weight excluding hydrogens is 252 g/mol. The standard InChI is InChI=1S/C17H18O3/c1-12(2)13-8-10-15(11-9-13)20-16(17(18)19)14-6-4-3-5-7-14/h3-12,16H,1-2H3,(H,18,19)/t16-/m0/s1. The SMILES string of the molecule is CC(C)c1ccc(O[C@H](C(=O)O)c2ccccc2)cc1. The zero-order valence-corrected chi connectivity index (χ0v) is 11.6. The van der Waals surface area contributed by atoms with E-state index in [1.807, 2.05) is 30.3 Å². The Morgan fingerprint density at radius 3 is 2.05 bits per heavy atom. The lowest BCUT2D eigenvalue weighted by atomic mass is 10.0. The first-order valence-electron chi connectivity index (χ1n) is 6.62. The minimum Gasteiger partial charge on any atom is -0.478 e. The van der Waals surface area contributed by atoms with Crippen LogP contribution in [-0.2, 0) is 4.79 Å². The number of ether oxygens (including phenoxy) is 1. The Bertz CT molecular complexity index is 559. The normalized spacial score (nSPS) is 12.2. The molecule has 1 atom stereocenters. The highest BCUT2D eigenvalue weighted by Gasteiger charge is 2.21. The number of hydrogen-bond acceptors (Lipinski definition) is 2. The quantitative estimate of drug-likeness (QED) is 0.892. The van der Waals surface area contributed by atoms with Crippen molar-refractivity contribution >= 4 is 5.97 Å². The van der Waals surface area contributed by atoms with Gasteiger partial charge in [-0.25, -0.2) is 4.79 Å². The first kappa shape index (κ1) is 14.1. The fraction of sp³-hybridized carbons (Fsp3) is 0.235. The van der Waals surface area contributed by atoms with Crippen LogP contribution in [-0.4, -0.2) is 11.1 Å². The Labute approximate surface area is 118 Å². The van der Waals surface area contributed by atoms with Crippen LogP contribution in [0.5, 0.6) is 5.75 Å². The fourth-order valence-electron chi connectivity index (χ4n) is 1.96. The highest BCUT2D eigenvalue weighted by atomic mass is 16.5. The van der Waals surface area contributed by atoms with Crippen molar-refractivity contribution in [3.8, 4) is 5.75 Å². The Kier molecular flexibility index (Phi) is 4.41. The molecule has 0 radical (unpaired) electrons. The molecule has 0 saturated heterocycles. The molecule has 0 aromatic heterocycles. The molecule has 0 spiro atoms. The van der Waals surface area contributed by atoms with Crippen LogP contribution in [0.1, 0.15) is 37.0 Å². The van der Waals surface area contributed by atoms with Crippen LogP contribution >= 0.6 is 0 Å². The summed E-state index contributed by atoms with van der Waals surface area (Å²) >= 11 is 0. The number of benzene rings is 2. The van der Waals surface area contributed by atoms with Crippen LogP contribution < -0.4 is 4.74 Å². The molecule has 2 rings (SSSR count). The molecule has 0 heterocycles. The monoisotopic (exact) mass is 270 g/mol. The number of carboxylic acids is 1. The van der Waals surface area contributed by atoms with Crippen LogP contribution in [0.3, 0.4) is 0 Å². The molecule has 0 unspecified atom stereocenters. The molecule has 1 N–H and O–H groups in total. The van der Waals surface area contributed by atoms with Gasteiger partial charge in [0.05, 0.1) is 0 Å². The van der Waals surface area contributed by atoms with Gasteiger partial charge in [0.1, 0.15) is 5.75 Å². The zero-order chi connectivity index (χ0) is 14.5. The van der Waals surface area contributed by atoms with E-state index >= 15 is 0 Å². The van der Waals surface area contributed by atoms with Crippen molar-refractivity contribution in [2.45, 2.75) is 25.9 Å². The van der Waals surface area contributed by atoms with Crippen LogP contribution in [0.25, 0.3) is 0 Å². The topological polar surface area (TPSA) is 46.5 Å². The molecule has 0 fully saturated rings. The predicted molar refractivity (Wildman–Crippen MR) is 78.0 cm³/mol. The summed E-state index contributed by atoms with van der Waals surface area (Å²) in [6, 6.07) is 16.5. The molecule has 3 heteroatoms. The van der Waals surface area contributed by atoms with E-state index in [0.29, 0.717) is 17.2 Å². The fourth-order valence-corrected chi connectivity index (χ4v) is 1.96. The maximum Gasteiger partial charge on any atom is 0.349 e. The summed E-state index contributed by atoms with van der Waals surface area (Å²) in [5.41, 5.74) is 1.83. The number of rotatable bonds is 5. The van der Waals surface area contributed by atoms with E-state index in [0.717, 1.165) is 0 Å². The van der Waals surface area contributed by atoms with E-state index in [4.69, 9.17) is 4.74 Å². The average molecular weight is 270 g/mol. The molecular formula is C17H18O3. The highest BCUT2D eigenvalue weighted by Crippen LogP contribution is 2.24. The third kappa shape index (κ3) is 3.38. The summed E-state index contributed by atoms with van der Waals surface area (Å²) in [6.45, 7) is 4.22. The van der Waals surface area contributed by atoms with Gasteiger partial charge in [0, 0.05) is 5.56 Å². The van der Waals surface area contributed by atoms with Crippen molar-refractivity contribution in [2.75, 3.05) is 0 Å². The van der Waals surface area contributed by atoms with E-state index in [9.17, 15) is 9.90 Å². The van der Waals surface area contributed by atoms with Gasteiger partial charge in [-0.1, -0.05) is 56.3 Å². The van der Waals surface area contributed by atoms with Crippen molar-refractivity contribution in [3.05, 3.63) is 65.7 Å². The van der Waals surface area contributed by atoms with E-state index in [1.165, 1.54) is 5.56 Å². The third-order valence-corrected chi connectivity index (χ3v) is 3.13. The predicted octanol–water partition coefficient (Wildman–Crippen LogP) is 4.01. The second-order valence-electron chi connectivity index (χ2n) is 4.97. The third-order valence-electron chi connectivity index (χ3n) is 3.13. The molecule has 0 aliphatic rings. The summed E-state index contributed by atoms with van der Waals surface area (Å²) in [6.07, 6.45) is -0.985. The van der Waals surface area contributed by atoms with E-state index < -0.39 is 12.1 Å². The number of aliphatic carboxylic acids is 1. The lowest BCUT2D eigenvalue weighted by molar-refractivity contribution is -0.145.